The Morgan fingerprint density at radius 3 is 2.47 bits per heavy atom. The van der Waals surface area contributed by atoms with Crippen molar-refractivity contribution in [3.8, 4) is 0 Å². The van der Waals surface area contributed by atoms with Gasteiger partial charge >= 0.3 is 5.97 Å². The number of hydrogen-bond donors (Lipinski definition) is 1. The third kappa shape index (κ3) is 4.18. The third-order valence-electron chi connectivity index (χ3n) is 4.01. The Hall–Kier alpha value is -0.620. The molecule has 4 heteroatoms. The van der Waals surface area contributed by atoms with E-state index >= 15 is 0 Å². The highest BCUT2D eigenvalue weighted by Crippen LogP contribution is 2.28. The molecule has 1 aromatic carbocycles. The van der Waals surface area contributed by atoms with Crippen molar-refractivity contribution in [1.29, 1.82) is 0 Å². The Labute approximate surface area is 128 Å². The van der Waals surface area contributed by atoms with E-state index in [-0.39, 0.29) is 0 Å². The Bertz CT molecular complexity index is 424. The second-order valence-electron chi connectivity index (χ2n) is 5.30. The van der Waals surface area contributed by atoms with Crippen LogP contribution in [-0.4, -0.2) is 29.1 Å². The molecule has 2 rings (SSSR count). The topological polar surface area (TPSA) is 40.5 Å². The van der Waals surface area contributed by atoms with Crippen LogP contribution in [0.5, 0.6) is 0 Å². The molecule has 0 aromatic heterocycles. The molecule has 1 N–H and O–H groups in total. The number of likely N-dealkylation sites (tertiary alicyclic amines) is 1. The van der Waals surface area contributed by atoms with Gasteiger partial charge in [0, 0.05) is 16.0 Å². The van der Waals surface area contributed by atoms with Crippen molar-refractivity contribution < 1.29 is 9.90 Å². The average molecular weight is 373 g/mol. The van der Waals surface area contributed by atoms with E-state index in [2.05, 4.69) is 58.7 Å². The summed E-state index contributed by atoms with van der Waals surface area (Å²) < 4.78 is 1.26. The van der Waals surface area contributed by atoms with Gasteiger partial charge in [-0.2, -0.15) is 0 Å². The highest BCUT2D eigenvalue weighted by molar-refractivity contribution is 14.1. The maximum Gasteiger partial charge on any atom is 0.303 e. The number of piperidine rings is 1. The number of aliphatic carboxylic acids is 1. The highest BCUT2D eigenvalue weighted by Gasteiger charge is 2.24. The number of rotatable bonds is 4. The van der Waals surface area contributed by atoms with Crippen molar-refractivity contribution in [3.05, 3.63) is 33.4 Å². The van der Waals surface area contributed by atoms with Gasteiger partial charge in [-0.25, -0.2) is 0 Å². The number of benzene rings is 1. The molecule has 0 spiro atoms. The van der Waals surface area contributed by atoms with Gasteiger partial charge in [0.1, 0.15) is 0 Å². The molecule has 1 aliphatic rings. The van der Waals surface area contributed by atoms with E-state index in [0.29, 0.717) is 18.4 Å². The van der Waals surface area contributed by atoms with Crippen molar-refractivity contribution in [1.82, 2.24) is 4.90 Å². The van der Waals surface area contributed by atoms with Crippen molar-refractivity contribution in [3.63, 3.8) is 0 Å². The zero-order valence-corrected chi connectivity index (χ0v) is 13.3. The first kappa shape index (κ1) is 14.8. The Balaban J connectivity index is 1.90. The molecule has 1 unspecified atom stereocenters. The van der Waals surface area contributed by atoms with Crippen LogP contribution < -0.4 is 0 Å². The van der Waals surface area contributed by atoms with Gasteiger partial charge in [0.15, 0.2) is 0 Å². The molecule has 3 nitrogen and oxygen atoms in total. The lowest BCUT2D eigenvalue weighted by Crippen LogP contribution is -2.36. The number of carbonyl (C=O) groups is 1. The van der Waals surface area contributed by atoms with Crippen LogP contribution in [0.4, 0.5) is 0 Å². The summed E-state index contributed by atoms with van der Waals surface area (Å²) in [6, 6.07) is 9.08. The standard InChI is InChI=1S/C15H20INO2/c1-11(13-2-4-14(16)5-3-13)17-8-6-12(7-9-17)10-15(18)19/h2-5,11-12H,6-10H2,1H3,(H,18,19). The number of nitrogens with zero attached hydrogens (tertiary/aromatic N) is 1. The summed E-state index contributed by atoms with van der Waals surface area (Å²) in [5.41, 5.74) is 1.34. The summed E-state index contributed by atoms with van der Waals surface area (Å²) in [6.07, 6.45) is 2.33. The average Bonchev–Trinajstić information content (AvgIpc) is 2.39. The Morgan fingerprint density at radius 2 is 1.95 bits per heavy atom. The van der Waals surface area contributed by atoms with Crippen LogP contribution in [-0.2, 0) is 4.79 Å². The van der Waals surface area contributed by atoms with Crippen LogP contribution in [0.3, 0.4) is 0 Å². The lowest BCUT2D eigenvalue weighted by Gasteiger charge is -2.35. The first-order valence-corrected chi connectivity index (χ1v) is 7.85. The monoisotopic (exact) mass is 373 g/mol. The molecule has 1 aromatic rings. The number of halogens is 1. The van der Waals surface area contributed by atoms with E-state index in [9.17, 15) is 4.79 Å². The second kappa shape index (κ2) is 6.70. The molecule has 0 saturated carbocycles. The first-order chi connectivity index (χ1) is 9.06. The van der Waals surface area contributed by atoms with Gasteiger partial charge in [-0.05, 0) is 79.1 Å². The van der Waals surface area contributed by atoms with Crippen molar-refractivity contribution in [2.75, 3.05) is 13.1 Å². The molecule has 0 aliphatic carbocycles. The van der Waals surface area contributed by atoms with Crippen molar-refractivity contribution >= 4 is 28.6 Å². The maximum absolute atomic E-state index is 10.7. The number of carboxylic acids is 1. The SMILES string of the molecule is CC(c1ccc(I)cc1)N1CCC(CC(=O)O)CC1. The maximum atomic E-state index is 10.7. The van der Waals surface area contributed by atoms with Crippen molar-refractivity contribution in [2.24, 2.45) is 5.92 Å². The molecule has 0 radical (unpaired) electrons. The fraction of sp³-hybridized carbons (Fsp3) is 0.533. The van der Waals surface area contributed by atoms with Crippen LogP contribution in [0.2, 0.25) is 0 Å². The van der Waals surface area contributed by atoms with E-state index in [0.717, 1.165) is 25.9 Å². The first-order valence-electron chi connectivity index (χ1n) is 6.77. The van der Waals surface area contributed by atoms with Gasteiger partial charge in [0.05, 0.1) is 0 Å². The van der Waals surface area contributed by atoms with Crippen LogP contribution in [0.15, 0.2) is 24.3 Å². The van der Waals surface area contributed by atoms with E-state index in [4.69, 9.17) is 5.11 Å². The summed E-state index contributed by atoms with van der Waals surface area (Å²) >= 11 is 2.32. The van der Waals surface area contributed by atoms with Crippen LogP contribution in [0.1, 0.15) is 37.8 Å². The molecular weight excluding hydrogens is 353 g/mol. The predicted octanol–water partition coefficient (Wildman–Crippen LogP) is 3.54. The van der Waals surface area contributed by atoms with Crippen molar-refractivity contribution in [2.45, 2.75) is 32.2 Å². The van der Waals surface area contributed by atoms with E-state index in [1.807, 2.05) is 0 Å². The summed E-state index contributed by atoms with van der Waals surface area (Å²) in [4.78, 5) is 13.2. The minimum atomic E-state index is -0.663. The molecule has 0 amide bonds. The summed E-state index contributed by atoms with van der Waals surface area (Å²) in [5.74, 6) is -0.304. The largest absolute Gasteiger partial charge is 0.481 e. The minimum absolute atomic E-state index is 0.325. The molecule has 19 heavy (non-hydrogen) atoms. The van der Waals surface area contributed by atoms with E-state index < -0.39 is 5.97 Å². The van der Waals surface area contributed by atoms with Gasteiger partial charge < -0.3 is 5.11 Å². The highest BCUT2D eigenvalue weighted by atomic mass is 127. The normalized spacial score (nSPS) is 19.3. The number of carboxylic acid groups (broad SMARTS) is 1. The van der Waals surface area contributed by atoms with E-state index in [1.165, 1.54) is 9.13 Å². The molecule has 0 bridgehead atoms. The summed E-state index contributed by atoms with van der Waals surface area (Å²) in [7, 11) is 0. The van der Waals surface area contributed by atoms with Crippen LogP contribution in [0.25, 0.3) is 0 Å². The lowest BCUT2D eigenvalue weighted by atomic mass is 9.92. The van der Waals surface area contributed by atoms with Crippen LogP contribution in [0, 0.1) is 9.49 Å². The van der Waals surface area contributed by atoms with Gasteiger partial charge in [-0.3, -0.25) is 9.69 Å². The molecule has 1 aliphatic heterocycles. The fourth-order valence-corrected chi connectivity index (χ4v) is 3.10. The molecule has 1 saturated heterocycles. The zero-order chi connectivity index (χ0) is 13.8. The van der Waals surface area contributed by atoms with Crippen LogP contribution >= 0.6 is 22.6 Å². The second-order valence-corrected chi connectivity index (χ2v) is 6.55. The molecule has 1 heterocycles. The Kier molecular flexibility index (Phi) is 5.21. The molecule has 1 fully saturated rings. The van der Waals surface area contributed by atoms with Gasteiger partial charge in [0.25, 0.3) is 0 Å². The fourth-order valence-electron chi connectivity index (χ4n) is 2.74. The number of hydrogen-bond acceptors (Lipinski definition) is 2. The zero-order valence-electron chi connectivity index (χ0n) is 11.2. The molecular formula is C15H20INO2. The predicted molar refractivity (Wildman–Crippen MR) is 84.1 cm³/mol. The smallest absolute Gasteiger partial charge is 0.303 e. The lowest BCUT2D eigenvalue weighted by molar-refractivity contribution is -0.138. The van der Waals surface area contributed by atoms with Gasteiger partial charge in [-0.1, -0.05) is 12.1 Å². The molecule has 104 valence electrons. The quantitative estimate of drug-likeness (QED) is 0.821. The molecule has 1 atom stereocenters. The summed E-state index contributed by atoms with van der Waals surface area (Å²) in [5, 5.41) is 8.83. The minimum Gasteiger partial charge on any atom is -0.481 e. The van der Waals surface area contributed by atoms with Gasteiger partial charge in [-0.15, -0.1) is 0 Å². The third-order valence-corrected chi connectivity index (χ3v) is 4.73. The van der Waals surface area contributed by atoms with E-state index in [1.54, 1.807) is 0 Å². The Morgan fingerprint density at radius 1 is 1.37 bits per heavy atom. The summed E-state index contributed by atoms with van der Waals surface area (Å²) in [6.45, 7) is 4.25. The van der Waals surface area contributed by atoms with Gasteiger partial charge in [0.2, 0.25) is 0 Å².